The van der Waals surface area contributed by atoms with E-state index in [2.05, 4.69) is 5.32 Å². The van der Waals surface area contributed by atoms with Crippen molar-refractivity contribution in [3.8, 4) is 5.75 Å². The summed E-state index contributed by atoms with van der Waals surface area (Å²) in [6.07, 6.45) is -4.56. The Kier molecular flexibility index (Phi) is 5.19. The molecule has 1 N–H and O–H groups in total. The molecular weight excluding hydrogens is 315 g/mol. The molecule has 0 heterocycles. The number of hydrogen-bond acceptors (Lipinski definition) is 2. The smallest absolute Gasteiger partial charge is 0.416 e. The second-order valence-electron chi connectivity index (χ2n) is 4.84. The summed E-state index contributed by atoms with van der Waals surface area (Å²) < 4.78 is 43.5. The molecule has 0 aromatic heterocycles. The minimum absolute atomic E-state index is 0.212. The summed E-state index contributed by atoms with van der Waals surface area (Å²) in [6, 6.07) is 12.0. The van der Waals surface area contributed by atoms with Gasteiger partial charge in [-0.05, 0) is 49.4 Å². The molecule has 0 saturated heterocycles. The SMILES string of the molecule is CC(CNc1cccc(C(F)(F)F)c1)Oc1ccc(Cl)cc1. The van der Waals surface area contributed by atoms with Crippen LogP contribution in [-0.4, -0.2) is 12.6 Å². The van der Waals surface area contributed by atoms with E-state index >= 15 is 0 Å². The summed E-state index contributed by atoms with van der Waals surface area (Å²) in [4.78, 5) is 0. The summed E-state index contributed by atoms with van der Waals surface area (Å²) in [7, 11) is 0. The van der Waals surface area contributed by atoms with Crippen molar-refractivity contribution in [3.63, 3.8) is 0 Å². The van der Waals surface area contributed by atoms with Crippen molar-refractivity contribution in [3.05, 3.63) is 59.1 Å². The molecule has 0 saturated carbocycles. The molecule has 0 aliphatic heterocycles. The van der Waals surface area contributed by atoms with Crippen molar-refractivity contribution in [1.82, 2.24) is 0 Å². The maximum Gasteiger partial charge on any atom is 0.416 e. The Labute approximate surface area is 131 Å². The van der Waals surface area contributed by atoms with Gasteiger partial charge in [-0.2, -0.15) is 13.2 Å². The van der Waals surface area contributed by atoms with Gasteiger partial charge in [0.25, 0.3) is 0 Å². The number of halogens is 4. The van der Waals surface area contributed by atoms with Crippen LogP contribution in [0.15, 0.2) is 48.5 Å². The molecule has 118 valence electrons. The van der Waals surface area contributed by atoms with Gasteiger partial charge in [0.05, 0.1) is 12.1 Å². The van der Waals surface area contributed by atoms with Crippen LogP contribution in [0, 0.1) is 0 Å². The Morgan fingerprint density at radius 3 is 2.45 bits per heavy atom. The molecule has 0 fully saturated rings. The first-order valence-electron chi connectivity index (χ1n) is 6.68. The predicted molar refractivity (Wildman–Crippen MR) is 81.5 cm³/mol. The number of rotatable bonds is 5. The average molecular weight is 330 g/mol. The summed E-state index contributed by atoms with van der Waals surface area (Å²) in [5.41, 5.74) is -0.273. The quantitative estimate of drug-likeness (QED) is 0.810. The average Bonchev–Trinajstić information content (AvgIpc) is 2.47. The predicted octanol–water partition coefficient (Wildman–Crippen LogP) is 5.24. The van der Waals surface area contributed by atoms with Gasteiger partial charge in [0.2, 0.25) is 0 Å². The Hall–Kier alpha value is -1.88. The van der Waals surface area contributed by atoms with E-state index in [0.29, 0.717) is 23.0 Å². The van der Waals surface area contributed by atoms with E-state index in [0.717, 1.165) is 12.1 Å². The van der Waals surface area contributed by atoms with E-state index in [1.54, 1.807) is 30.3 Å². The minimum atomic E-state index is -4.34. The number of hydrogen-bond donors (Lipinski definition) is 1. The van der Waals surface area contributed by atoms with Gasteiger partial charge in [0.15, 0.2) is 0 Å². The van der Waals surface area contributed by atoms with E-state index in [1.807, 2.05) is 6.92 Å². The lowest BCUT2D eigenvalue weighted by Gasteiger charge is -2.17. The number of benzene rings is 2. The third-order valence-electron chi connectivity index (χ3n) is 2.93. The maximum atomic E-state index is 12.6. The Morgan fingerprint density at radius 2 is 1.82 bits per heavy atom. The number of alkyl halides is 3. The normalized spacial score (nSPS) is 12.8. The highest BCUT2D eigenvalue weighted by Gasteiger charge is 2.30. The fraction of sp³-hybridized carbons (Fsp3) is 0.250. The van der Waals surface area contributed by atoms with Crippen molar-refractivity contribution in [1.29, 1.82) is 0 Å². The summed E-state index contributed by atoms with van der Waals surface area (Å²) in [5.74, 6) is 0.655. The van der Waals surface area contributed by atoms with Gasteiger partial charge in [-0.25, -0.2) is 0 Å². The monoisotopic (exact) mass is 329 g/mol. The first-order chi connectivity index (χ1) is 10.3. The lowest BCUT2D eigenvalue weighted by atomic mass is 10.2. The van der Waals surface area contributed by atoms with Crippen LogP contribution < -0.4 is 10.1 Å². The van der Waals surface area contributed by atoms with Crippen LogP contribution in [0.5, 0.6) is 5.75 Å². The van der Waals surface area contributed by atoms with Crippen LogP contribution >= 0.6 is 11.6 Å². The molecule has 6 heteroatoms. The van der Waals surface area contributed by atoms with Gasteiger partial charge in [0.1, 0.15) is 11.9 Å². The lowest BCUT2D eigenvalue weighted by Crippen LogP contribution is -2.22. The largest absolute Gasteiger partial charge is 0.489 e. The zero-order valence-electron chi connectivity index (χ0n) is 11.8. The van der Waals surface area contributed by atoms with E-state index < -0.39 is 11.7 Å². The summed E-state index contributed by atoms with van der Waals surface area (Å²) in [5, 5.41) is 3.55. The molecule has 0 amide bonds. The molecule has 1 atom stereocenters. The highest BCUT2D eigenvalue weighted by atomic mass is 35.5. The molecule has 0 radical (unpaired) electrons. The van der Waals surface area contributed by atoms with E-state index in [4.69, 9.17) is 16.3 Å². The number of nitrogens with one attached hydrogen (secondary N) is 1. The molecule has 0 bridgehead atoms. The Morgan fingerprint density at radius 1 is 1.14 bits per heavy atom. The van der Waals surface area contributed by atoms with Gasteiger partial charge in [0, 0.05) is 10.7 Å². The van der Waals surface area contributed by atoms with Gasteiger partial charge in [-0.3, -0.25) is 0 Å². The molecule has 0 aliphatic rings. The Balaban J connectivity index is 1.91. The van der Waals surface area contributed by atoms with Crippen LogP contribution in [-0.2, 0) is 6.18 Å². The van der Waals surface area contributed by atoms with Crippen molar-refractivity contribution in [2.75, 3.05) is 11.9 Å². The van der Waals surface area contributed by atoms with Crippen molar-refractivity contribution in [2.24, 2.45) is 0 Å². The molecular formula is C16H15ClF3NO. The highest BCUT2D eigenvalue weighted by molar-refractivity contribution is 6.30. The number of ether oxygens (including phenoxy) is 1. The van der Waals surface area contributed by atoms with E-state index in [1.165, 1.54) is 6.07 Å². The molecule has 2 rings (SSSR count). The molecule has 22 heavy (non-hydrogen) atoms. The summed E-state index contributed by atoms with van der Waals surface area (Å²) in [6.45, 7) is 2.21. The zero-order chi connectivity index (χ0) is 16.2. The zero-order valence-corrected chi connectivity index (χ0v) is 12.6. The molecule has 2 aromatic carbocycles. The number of anilines is 1. The second-order valence-corrected chi connectivity index (χ2v) is 5.28. The maximum absolute atomic E-state index is 12.6. The van der Waals surface area contributed by atoms with Crippen molar-refractivity contribution >= 4 is 17.3 Å². The standard InChI is InChI=1S/C16H15ClF3NO/c1-11(22-15-7-5-13(17)6-8-15)10-21-14-4-2-3-12(9-14)16(18,19)20/h2-9,11,21H,10H2,1H3. The molecule has 0 aliphatic carbocycles. The van der Waals surface area contributed by atoms with Crippen LogP contribution in [0.4, 0.5) is 18.9 Å². The Bertz CT molecular complexity index is 614. The van der Waals surface area contributed by atoms with Crippen LogP contribution in [0.3, 0.4) is 0 Å². The lowest BCUT2D eigenvalue weighted by molar-refractivity contribution is -0.137. The van der Waals surface area contributed by atoms with Crippen LogP contribution in [0.25, 0.3) is 0 Å². The van der Waals surface area contributed by atoms with Crippen LogP contribution in [0.1, 0.15) is 12.5 Å². The molecule has 2 nitrogen and oxygen atoms in total. The van der Waals surface area contributed by atoms with Crippen LogP contribution in [0.2, 0.25) is 5.02 Å². The summed E-state index contributed by atoms with van der Waals surface area (Å²) >= 11 is 5.78. The third kappa shape index (κ3) is 4.84. The topological polar surface area (TPSA) is 21.3 Å². The van der Waals surface area contributed by atoms with Crippen molar-refractivity contribution in [2.45, 2.75) is 19.2 Å². The first kappa shape index (κ1) is 16.5. The van der Waals surface area contributed by atoms with Gasteiger partial charge in [-0.15, -0.1) is 0 Å². The fourth-order valence-electron chi connectivity index (χ4n) is 1.85. The second kappa shape index (κ2) is 6.92. The fourth-order valence-corrected chi connectivity index (χ4v) is 1.98. The molecule has 0 spiro atoms. The minimum Gasteiger partial charge on any atom is -0.489 e. The van der Waals surface area contributed by atoms with Gasteiger partial charge in [-0.1, -0.05) is 17.7 Å². The third-order valence-corrected chi connectivity index (χ3v) is 3.19. The molecule has 1 unspecified atom stereocenters. The highest BCUT2D eigenvalue weighted by Crippen LogP contribution is 2.30. The van der Waals surface area contributed by atoms with E-state index in [9.17, 15) is 13.2 Å². The van der Waals surface area contributed by atoms with Gasteiger partial charge < -0.3 is 10.1 Å². The first-order valence-corrected chi connectivity index (χ1v) is 7.06. The van der Waals surface area contributed by atoms with Gasteiger partial charge >= 0.3 is 6.18 Å². The van der Waals surface area contributed by atoms with E-state index in [-0.39, 0.29) is 6.10 Å². The molecule has 2 aromatic rings. The van der Waals surface area contributed by atoms with Crippen molar-refractivity contribution < 1.29 is 17.9 Å².